The molecule has 1 saturated carbocycles. The zero-order valence-electron chi connectivity index (χ0n) is 12.1. The summed E-state index contributed by atoms with van der Waals surface area (Å²) >= 11 is 0. The van der Waals surface area contributed by atoms with Gasteiger partial charge >= 0.3 is 0 Å². The summed E-state index contributed by atoms with van der Waals surface area (Å²) in [6.07, 6.45) is 3.98. The summed E-state index contributed by atoms with van der Waals surface area (Å²) in [5.41, 5.74) is 1.85. The lowest BCUT2D eigenvalue weighted by molar-refractivity contribution is 0.120. The minimum absolute atomic E-state index is 0.388. The number of ether oxygens (including phenoxy) is 1. The van der Waals surface area contributed by atoms with Crippen molar-refractivity contribution in [1.82, 2.24) is 10.1 Å². The van der Waals surface area contributed by atoms with Crippen molar-refractivity contribution in [2.75, 3.05) is 0 Å². The van der Waals surface area contributed by atoms with Crippen LogP contribution in [0.3, 0.4) is 0 Å². The van der Waals surface area contributed by atoms with Crippen LogP contribution in [0.4, 0.5) is 0 Å². The maximum absolute atomic E-state index is 5.85. The maximum atomic E-state index is 5.85. The molecule has 0 bridgehead atoms. The first-order valence-electron chi connectivity index (χ1n) is 7.55. The second kappa shape index (κ2) is 5.64. The fourth-order valence-electron chi connectivity index (χ4n) is 2.40. The van der Waals surface area contributed by atoms with Gasteiger partial charge in [-0.05, 0) is 43.5 Å². The van der Waals surface area contributed by atoms with Gasteiger partial charge in [-0.25, -0.2) is 0 Å². The first kappa shape index (κ1) is 13.1. The molecule has 4 rings (SSSR count). The monoisotopic (exact) mass is 292 g/mol. The van der Waals surface area contributed by atoms with Crippen molar-refractivity contribution in [3.8, 4) is 28.6 Å². The van der Waals surface area contributed by atoms with Crippen LogP contribution in [0.2, 0.25) is 0 Å². The minimum atomic E-state index is 0.388. The highest BCUT2D eigenvalue weighted by Crippen LogP contribution is 2.27. The number of nitrogens with zero attached hydrogens (tertiary/aromatic N) is 2. The van der Waals surface area contributed by atoms with Crippen molar-refractivity contribution < 1.29 is 9.26 Å². The van der Waals surface area contributed by atoms with E-state index in [1.54, 1.807) is 0 Å². The predicted octanol–water partition coefficient (Wildman–Crippen LogP) is 4.33. The molecule has 0 spiro atoms. The van der Waals surface area contributed by atoms with Gasteiger partial charge in [0.25, 0.3) is 5.89 Å². The molecule has 1 aliphatic carbocycles. The molecule has 1 aromatic heterocycles. The molecule has 0 N–H and O–H groups in total. The lowest BCUT2D eigenvalue weighted by Gasteiger charge is -2.26. The largest absolute Gasteiger partial charge is 0.490 e. The number of rotatable bonds is 4. The molecule has 3 aromatic rings. The van der Waals surface area contributed by atoms with E-state index in [0.29, 0.717) is 17.8 Å². The van der Waals surface area contributed by atoms with Gasteiger partial charge in [0.15, 0.2) is 0 Å². The van der Waals surface area contributed by atoms with Gasteiger partial charge in [0.1, 0.15) is 5.75 Å². The fourth-order valence-corrected chi connectivity index (χ4v) is 2.40. The van der Waals surface area contributed by atoms with Gasteiger partial charge in [-0.3, -0.25) is 0 Å². The van der Waals surface area contributed by atoms with E-state index < -0.39 is 0 Å². The van der Waals surface area contributed by atoms with Crippen LogP contribution in [-0.4, -0.2) is 16.2 Å². The van der Waals surface area contributed by atoms with Gasteiger partial charge in [0.2, 0.25) is 5.82 Å². The van der Waals surface area contributed by atoms with E-state index in [1.165, 1.54) is 6.42 Å². The molecule has 0 radical (unpaired) electrons. The highest BCUT2D eigenvalue weighted by atomic mass is 16.5. The summed E-state index contributed by atoms with van der Waals surface area (Å²) in [5, 5.41) is 4.04. The van der Waals surface area contributed by atoms with Crippen LogP contribution < -0.4 is 4.74 Å². The van der Waals surface area contributed by atoms with Gasteiger partial charge in [0.05, 0.1) is 6.10 Å². The van der Waals surface area contributed by atoms with Gasteiger partial charge < -0.3 is 9.26 Å². The third-order valence-electron chi connectivity index (χ3n) is 3.91. The van der Waals surface area contributed by atoms with Gasteiger partial charge in [0, 0.05) is 11.1 Å². The van der Waals surface area contributed by atoms with Crippen molar-refractivity contribution in [2.24, 2.45) is 0 Å². The standard InChI is InChI=1S/C18H16N2O2/c1-2-5-13(6-3-1)17-19-18(22-20-17)14-9-11-16(12-10-14)21-15-7-4-8-15/h1-3,5-6,9-12,15H,4,7-8H2. The van der Waals surface area contributed by atoms with Crippen LogP contribution in [0.25, 0.3) is 22.8 Å². The van der Waals surface area contributed by atoms with Crippen LogP contribution in [0.1, 0.15) is 19.3 Å². The maximum Gasteiger partial charge on any atom is 0.258 e. The zero-order chi connectivity index (χ0) is 14.8. The van der Waals surface area contributed by atoms with Crippen LogP contribution in [0.5, 0.6) is 5.75 Å². The summed E-state index contributed by atoms with van der Waals surface area (Å²) in [4.78, 5) is 4.45. The third-order valence-corrected chi connectivity index (χ3v) is 3.91. The molecular weight excluding hydrogens is 276 g/mol. The van der Waals surface area contributed by atoms with Crippen molar-refractivity contribution >= 4 is 0 Å². The molecule has 4 heteroatoms. The topological polar surface area (TPSA) is 48.2 Å². The highest BCUT2D eigenvalue weighted by Gasteiger charge is 2.19. The average molecular weight is 292 g/mol. The van der Waals surface area contributed by atoms with Crippen LogP contribution in [-0.2, 0) is 0 Å². The Morgan fingerprint density at radius 3 is 2.36 bits per heavy atom. The number of aromatic nitrogens is 2. The van der Waals surface area contributed by atoms with E-state index in [1.807, 2.05) is 54.6 Å². The second-order valence-electron chi connectivity index (χ2n) is 5.48. The van der Waals surface area contributed by atoms with E-state index >= 15 is 0 Å². The summed E-state index contributed by atoms with van der Waals surface area (Å²) in [5.74, 6) is 2.02. The molecule has 0 amide bonds. The molecule has 1 heterocycles. The minimum Gasteiger partial charge on any atom is -0.490 e. The molecule has 2 aromatic carbocycles. The Hall–Kier alpha value is -2.62. The number of hydrogen-bond acceptors (Lipinski definition) is 4. The molecule has 110 valence electrons. The summed E-state index contributed by atoms with van der Waals surface area (Å²) in [6.45, 7) is 0. The molecule has 22 heavy (non-hydrogen) atoms. The molecule has 1 aliphatic rings. The van der Waals surface area contributed by atoms with Gasteiger partial charge in [-0.1, -0.05) is 35.5 Å². The Labute approximate surface area is 128 Å². The SMILES string of the molecule is c1ccc(-c2noc(-c3ccc(OC4CCC4)cc3)n2)cc1. The molecule has 0 aliphatic heterocycles. The van der Waals surface area contributed by atoms with E-state index in [2.05, 4.69) is 10.1 Å². The Bertz CT molecular complexity index is 746. The van der Waals surface area contributed by atoms with E-state index in [0.717, 1.165) is 29.7 Å². The quantitative estimate of drug-likeness (QED) is 0.718. The van der Waals surface area contributed by atoms with E-state index in [-0.39, 0.29) is 0 Å². The van der Waals surface area contributed by atoms with E-state index in [9.17, 15) is 0 Å². The van der Waals surface area contributed by atoms with Crippen molar-refractivity contribution in [2.45, 2.75) is 25.4 Å². The Morgan fingerprint density at radius 1 is 0.909 bits per heavy atom. The summed E-state index contributed by atoms with van der Waals surface area (Å²) < 4.78 is 11.2. The molecule has 0 unspecified atom stereocenters. The molecule has 0 saturated heterocycles. The van der Waals surface area contributed by atoms with Crippen LogP contribution in [0, 0.1) is 0 Å². The normalized spacial score (nSPS) is 14.5. The van der Waals surface area contributed by atoms with Crippen LogP contribution in [0.15, 0.2) is 59.1 Å². The highest BCUT2D eigenvalue weighted by molar-refractivity contribution is 5.60. The molecule has 4 nitrogen and oxygen atoms in total. The lowest BCUT2D eigenvalue weighted by Crippen LogP contribution is -2.24. The molecule has 0 atom stereocenters. The number of hydrogen-bond donors (Lipinski definition) is 0. The molecule has 1 fully saturated rings. The zero-order valence-corrected chi connectivity index (χ0v) is 12.1. The first-order valence-corrected chi connectivity index (χ1v) is 7.55. The smallest absolute Gasteiger partial charge is 0.258 e. The fraction of sp³-hybridized carbons (Fsp3) is 0.222. The third kappa shape index (κ3) is 2.60. The van der Waals surface area contributed by atoms with E-state index in [4.69, 9.17) is 9.26 Å². The number of benzene rings is 2. The van der Waals surface area contributed by atoms with Crippen molar-refractivity contribution in [3.05, 3.63) is 54.6 Å². The Morgan fingerprint density at radius 2 is 1.68 bits per heavy atom. The predicted molar refractivity (Wildman–Crippen MR) is 83.4 cm³/mol. The lowest BCUT2D eigenvalue weighted by atomic mass is 9.96. The second-order valence-corrected chi connectivity index (χ2v) is 5.48. The van der Waals surface area contributed by atoms with Gasteiger partial charge in [-0.15, -0.1) is 0 Å². The van der Waals surface area contributed by atoms with Gasteiger partial charge in [-0.2, -0.15) is 4.98 Å². The first-order chi connectivity index (χ1) is 10.9. The molecular formula is C18H16N2O2. The summed E-state index contributed by atoms with van der Waals surface area (Å²) in [7, 11) is 0. The summed E-state index contributed by atoms with van der Waals surface area (Å²) in [6, 6.07) is 17.6. The van der Waals surface area contributed by atoms with Crippen molar-refractivity contribution in [3.63, 3.8) is 0 Å². The Balaban J connectivity index is 1.53. The Kier molecular flexibility index (Phi) is 3.35. The average Bonchev–Trinajstić information content (AvgIpc) is 3.02. The van der Waals surface area contributed by atoms with Crippen LogP contribution >= 0.6 is 0 Å². The van der Waals surface area contributed by atoms with Crippen molar-refractivity contribution in [1.29, 1.82) is 0 Å².